The van der Waals surface area contributed by atoms with Crippen LogP contribution in [0.25, 0.3) is 21.9 Å². The maximum absolute atomic E-state index is 12.7. The number of piperidine rings is 1. The Bertz CT molecular complexity index is 1180. The second-order valence-corrected chi connectivity index (χ2v) is 9.29. The second-order valence-electron chi connectivity index (χ2n) is 8.72. The second kappa shape index (κ2) is 10.4. The van der Waals surface area contributed by atoms with Crippen molar-refractivity contribution in [2.75, 3.05) is 50.7 Å². The first-order valence-corrected chi connectivity index (χ1v) is 12.5. The van der Waals surface area contributed by atoms with Crippen molar-refractivity contribution in [3.05, 3.63) is 30.7 Å². The molecule has 33 heavy (non-hydrogen) atoms. The van der Waals surface area contributed by atoms with Gasteiger partial charge in [-0.25, -0.2) is 18.5 Å². The smallest absolute Gasteiger partial charge is 0.236 e. The van der Waals surface area contributed by atoms with Crippen LogP contribution in [-0.4, -0.2) is 84.9 Å². The lowest BCUT2D eigenvalue weighted by Crippen LogP contribution is -2.51. The van der Waals surface area contributed by atoms with Crippen molar-refractivity contribution in [2.24, 2.45) is 11.1 Å². The molecule has 11 heteroatoms. The largest absolute Gasteiger partial charge is 0.368 e. The number of aromatic nitrogens is 3. The average molecular weight is 474 g/mol. The standard InChI is InChI=1S/C22H28N6O.H3NO2S/c1-16-3-2-8-28(14-16)20(29)15-26-9-11-27(12-10-26)19-5-7-23-18-13-25-22-17(21(18)19)4-6-24-22;1-4(2)3/h4-7,13,16H,2-3,8-12,14-15H2,1H3,(H,24,25);4H,(H2,1,2,3). The molecule has 178 valence electrons. The van der Waals surface area contributed by atoms with E-state index in [1.165, 1.54) is 12.1 Å². The highest BCUT2D eigenvalue weighted by Gasteiger charge is 2.25. The van der Waals surface area contributed by atoms with Gasteiger partial charge in [0.15, 0.2) is 10.9 Å². The zero-order valence-corrected chi connectivity index (χ0v) is 19.7. The fourth-order valence-electron chi connectivity index (χ4n) is 4.75. The highest BCUT2D eigenvalue weighted by Crippen LogP contribution is 2.31. The van der Waals surface area contributed by atoms with Gasteiger partial charge in [-0.1, -0.05) is 6.92 Å². The summed E-state index contributed by atoms with van der Waals surface area (Å²) in [5, 5.41) is 6.34. The molecule has 2 aliphatic rings. The monoisotopic (exact) mass is 473 g/mol. The van der Waals surface area contributed by atoms with E-state index in [0.29, 0.717) is 18.4 Å². The van der Waals surface area contributed by atoms with Crippen LogP contribution in [0.3, 0.4) is 0 Å². The topological polar surface area (TPSA) is 129 Å². The van der Waals surface area contributed by atoms with Gasteiger partial charge in [0.25, 0.3) is 0 Å². The van der Waals surface area contributed by atoms with E-state index >= 15 is 0 Å². The van der Waals surface area contributed by atoms with Gasteiger partial charge in [0.05, 0.1) is 18.3 Å². The van der Waals surface area contributed by atoms with Crippen molar-refractivity contribution in [1.29, 1.82) is 0 Å². The number of nitrogens with two attached hydrogens (primary N) is 1. The molecule has 0 bridgehead atoms. The van der Waals surface area contributed by atoms with Crippen molar-refractivity contribution in [2.45, 2.75) is 19.8 Å². The lowest BCUT2D eigenvalue weighted by molar-refractivity contribution is -0.134. The Labute approximate surface area is 194 Å². The molecule has 1 amide bonds. The summed E-state index contributed by atoms with van der Waals surface area (Å²) < 4.78 is 17.6. The molecule has 3 aromatic heterocycles. The summed E-state index contributed by atoms with van der Waals surface area (Å²) in [6.07, 6.45) is 8.01. The number of amides is 1. The van der Waals surface area contributed by atoms with Crippen molar-refractivity contribution in [3.63, 3.8) is 0 Å². The third kappa shape index (κ3) is 5.60. The number of thiol groups is 1. The molecule has 2 fully saturated rings. The zero-order chi connectivity index (χ0) is 23.4. The molecule has 0 radical (unpaired) electrons. The summed E-state index contributed by atoms with van der Waals surface area (Å²) in [4.78, 5) is 31.7. The van der Waals surface area contributed by atoms with E-state index in [4.69, 9.17) is 8.42 Å². The minimum Gasteiger partial charge on any atom is -0.368 e. The Morgan fingerprint density at radius 1 is 1.18 bits per heavy atom. The van der Waals surface area contributed by atoms with E-state index in [-0.39, 0.29) is 0 Å². The lowest BCUT2D eigenvalue weighted by atomic mass is 10.0. The number of aromatic amines is 1. The number of hydrogen-bond donors (Lipinski definition) is 3. The van der Waals surface area contributed by atoms with E-state index < -0.39 is 10.9 Å². The number of carbonyl (C=O) groups is 1. The first kappa shape index (κ1) is 23.4. The third-order valence-electron chi connectivity index (χ3n) is 6.35. The molecule has 1 unspecified atom stereocenters. The number of fused-ring (bicyclic) bond motifs is 3. The minimum atomic E-state index is -2.62. The van der Waals surface area contributed by atoms with Crippen LogP contribution < -0.4 is 10.0 Å². The molecule has 1 atom stereocenters. The van der Waals surface area contributed by atoms with Crippen molar-refractivity contribution in [3.8, 4) is 0 Å². The molecule has 0 aromatic carbocycles. The van der Waals surface area contributed by atoms with Crippen LogP contribution in [0.2, 0.25) is 0 Å². The Morgan fingerprint density at radius 2 is 1.94 bits per heavy atom. The van der Waals surface area contributed by atoms with E-state index in [2.05, 4.69) is 53.8 Å². The van der Waals surface area contributed by atoms with Crippen LogP contribution in [0.4, 0.5) is 5.69 Å². The Kier molecular flexibility index (Phi) is 7.41. The average Bonchev–Trinajstić information content (AvgIpc) is 3.28. The molecular weight excluding hydrogens is 442 g/mol. The van der Waals surface area contributed by atoms with E-state index in [0.717, 1.165) is 67.6 Å². The van der Waals surface area contributed by atoms with E-state index in [1.54, 1.807) is 0 Å². The van der Waals surface area contributed by atoms with Gasteiger partial charge in [-0.15, -0.1) is 0 Å². The Hall–Kier alpha value is -2.76. The molecular formula is C22H31N7O3S. The molecule has 0 aliphatic carbocycles. The molecule has 3 aromatic rings. The number of piperazine rings is 1. The van der Waals surface area contributed by atoms with Crippen molar-refractivity contribution in [1.82, 2.24) is 24.8 Å². The number of hydrogen-bond acceptors (Lipinski definition) is 7. The first-order valence-electron chi connectivity index (χ1n) is 11.3. The van der Waals surface area contributed by atoms with Crippen molar-refractivity contribution < 1.29 is 13.2 Å². The lowest BCUT2D eigenvalue weighted by Gasteiger charge is -2.38. The van der Waals surface area contributed by atoms with Crippen LogP contribution in [0.15, 0.2) is 30.7 Å². The maximum Gasteiger partial charge on any atom is 0.236 e. The normalized spacial score (nSPS) is 19.7. The maximum atomic E-state index is 12.7. The number of rotatable bonds is 3. The number of pyridine rings is 2. The summed E-state index contributed by atoms with van der Waals surface area (Å²) in [5.74, 6) is 0.920. The molecule has 5 rings (SSSR count). The zero-order valence-electron chi connectivity index (χ0n) is 18.8. The SMILES string of the molecule is CC1CCCN(C(=O)CN2CCN(c3ccnc4cnc5[nH]ccc5c34)CC2)C1.N[SH](=O)=O. The van der Waals surface area contributed by atoms with Crippen LogP contribution in [-0.2, 0) is 15.7 Å². The summed E-state index contributed by atoms with van der Waals surface area (Å²) in [6.45, 7) is 8.27. The third-order valence-corrected chi connectivity index (χ3v) is 6.35. The summed E-state index contributed by atoms with van der Waals surface area (Å²) in [5.41, 5.74) is 3.02. The fraction of sp³-hybridized carbons (Fsp3) is 0.500. The Balaban J connectivity index is 0.000000601. The number of H-pyrrole nitrogens is 1. The summed E-state index contributed by atoms with van der Waals surface area (Å²) in [6, 6.07) is 4.18. The van der Waals surface area contributed by atoms with Crippen LogP contribution in [0, 0.1) is 5.92 Å². The number of nitrogens with zero attached hydrogens (tertiary/aromatic N) is 5. The molecule has 5 heterocycles. The number of nitrogens with one attached hydrogen (secondary N) is 1. The quantitative estimate of drug-likeness (QED) is 0.483. The number of likely N-dealkylation sites (tertiary alicyclic amines) is 1. The predicted molar refractivity (Wildman–Crippen MR) is 130 cm³/mol. The van der Waals surface area contributed by atoms with Gasteiger partial charge in [-0.2, -0.15) is 0 Å². The number of carbonyl (C=O) groups excluding carboxylic acids is 1. The first-order chi connectivity index (χ1) is 15.9. The molecule has 2 aliphatic heterocycles. The molecule has 0 saturated carbocycles. The van der Waals surface area contributed by atoms with E-state index in [9.17, 15) is 4.79 Å². The van der Waals surface area contributed by atoms with Gasteiger partial charge >= 0.3 is 0 Å². The molecule has 2 saturated heterocycles. The fourth-order valence-corrected chi connectivity index (χ4v) is 4.75. The Morgan fingerprint density at radius 3 is 2.67 bits per heavy atom. The van der Waals surface area contributed by atoms with Gasteiger partial charge in [0, 0.05) is 68.1 Å². The van der Waals surface area contributed by atoms with Gasteiger partial charge in [-0.05, 0) is 30.9 Å². The van der Waals surface area contributed by atoms with Crippen molar-refractivity contribution >= 4 is 44.4 Å². The summed E-state index contributed by atoms with van der Waals surface area (Å²) >= 11 is 0. The van der Waals surface area contributed by atoms with Gasteiger partial charge in [-0.3, -0.25) is 14.7 Å². The number of anilines is 1. The van der Waals surface area contributed by atoms with Crippen LogP contribution in [0.1, 0.15) is 19.8 Å². The highest BCUT2D eigenvalue weighted by molar-refractivity contribution is 7.69. The predicted octanol–water partition coefficient (Wildman–Crippen LogP) is 0.963. The van der Waals surface area contributed by atoms with Crippen LogP contribution >= 0.6 is 0 Å². The summed E-state index contributed by atoms with van der Waals surface area (Å²) in [7, 11) is -2.62. The van der Waals surface area contributed by atoms with E-state index in [1.807, 2.05) is 18.6 Å². The molecule has 0 spiro atoms. The van der Waals surface area contributed by atoms with Gasteiger partial charge in [0.1, 0.15) is 5.65 Å². The molecule has 10 nitrogen and oxygen atoms in total. The molecule has 3 N–H and O–H groups in total. The highest BCUT2D eigenvalue weighted by atomic mass is 32.2. The minimum absolute atomic E-state index is 0.291. The van der Waals surface area contributed by atoms with Crippen LogP contribution in [0.5, 0.6) is 0 Å². The van der Waals surface area contributed by atoms with Gasteiger partial charge < -0.3 is 14.8 Å². The van der Waals surface area contributed by atoms with Gasteiger partial charge in [0.2, 0.25) is 5.91 Å².